The molecule has 0 saturated carbocycles. The molecule has 2 N–H and O–H groups in total. The summed E-state index contributed by atoms with van der Waals surface area (Å²) in [5, 5.41) is 5.16. The molecule has 1 aliphatic heterocycles. The smallest absolute Gasteiger partial charge is 0.339 e. The molecule has 7 heteroatoms. The number of halogens is 3. The summed E-state index contributed by atoms with van der Waals surface area (Å²) in [6.07, 6.45) is -4.05. The topological polar surface area (TPSA) is 44.4 Å². The summed E-state index contributed by atoms with van der Waals surface area (Å²) in [5.41, 5.74) is 0. The van der Waals surface area contributed by atoms with Crippen LogP contribution in [0.3, 0.4) is 0 Å². The summed E-state index contributed by atoms with van der Waals surface area (Å²) in [6.45, 7) is 0.732. The van der Waals surface area contributed by atoms with Crippen LogP contribution in [0.4, 0.5) is 13.2 Å². The van der Waals surface area contributed by atoms with E-state index in [2.05, 4.69) is 10.6 Å². The predicted molar refractivity (Wildman–Crippen MR) is 53.0 cm³/mol. The number of hydrogen-bond acceptors (Lipinski definition) is 3. The summed E-state index contributed by atoms with van der Waals surface area (Å²) in [7, 11) is 1.70. The Balaban J connectivity index is 2.47. The molecule has 0 aromatic rings. The van der Waals surface area contributed by atoms with Gasteiger partial charge in [-0.15, -0.1) is 0 Å². The number of hydrogen-bond donors (Lipinski definition) is 2. The van der Waals surface area contributed by atoms with Gasteiger partial charge in [0.25, 0.3) is 0 Å². The zero-order chi connectivity index (χ0) is 12.2. The van der Waals surface area contributed by atoms with Crippen molar-refractivity contribution in [1.82, 2.24) is 15.5 Å². The largest absolute Gasteiger partial charge is 0.405 e. The van der Waals surface area contributed by atoms with E-state index in [1.807, 2.05) is 0 Å². The summed E-state index contributed by atoms with van der Waals surface area (Å²) >= 11 is 0. The van der Waals surface area contributed by atoms with Gasteiger partial charge in [-0.3, -0.25) is 4.79 Å². The number of carbonyl (C=O) groups excluding carboxylic acids is 1. The van der Waals surface area contributed by atoms with Crippen molar-refractivity contribution >= 4 is 5.91 Å². The van der Waals surface area contributed by atoms with E-state index in [0.29, 0.717) is 13.1 Å². The Morgan fingerprint density at radius 1 is 1.56 bits per heavy atom. The van der Waals surface area contributed by atoms with Crippen molar-refractivity contribution in [2.24, 2.45) is 0 Å². The van der Waals surface area contributed by atoms with Gasteiger partial charge in [-0.2, -0.15) is 13.2 Å². The van der Waals surface area contributed by atoms with Crippen molar-refractivity contribution in [3.63, 3.8) is 0 Å². The first-order chi connectivity index (χ1) is 7.45. The van der Waals surface area contributed by atoms with Gasteiger partial charge in [-0.1, -0.05) is 0 Å². The third kappa shape index (κ3) is 3.64. The predicted octanol–water partition coefficient (Wildman–Crippen LogP) is -0.0414. The third-order valence-corrected chi connectivity index (χ3v) is 2.51. The van der Waals surface area contributed by atoms with Crippen LogP contribution < -0.4 is 10.6 Å². The van der Waals surface area contributed by atoms with Gasteiger partial charge in [0, 0.05) is 32.6 Å². The van der Waals surface area contributed by atoms with E-state index >= 15 is 0 Å². The van der Waals surface area contributed by atoms with E-state index < -0.39 is 12.2 Å². The minimum absolute atomic E-state index is 0.190. The van der Waals surface area contributed by atoms with E-state index in [4.69, 9.17) is 0 Å². The molecule has 4 nitrogen and oxygen atoms in total. The molecule has 1 amide bonds. The Bertz CT molecular complexity index is 245. The molecule has 1 unspecified atom stereocenters. The van der Waals surface area contributed by atoms with Gasteiger partial charge in [0.2, 0.25) is 5.91 Å². The molecule has 0 aliphatic carbocycles. The summed E-state index contributed by atoms with van der Waals surface area (Å²) in [4.78, 5) is 12.8. The fourth-order valence-electron chi connectivity index (χ4n) is 1.59. The van der Waals surface area contributed by atoms with Crippen molar-refractivity contribution in [2.75, 3.05) is 33.2 Å². The van der Waals surface area contributed by atoms with Gasteiger partial charge in [0.15, 0.2) is 0 Å². The SMILES string of the molecule is CNCCC(=O)N1CCNC(C(F)(F)F)C1. The molecule has 1 aliphatic rings. The molecule has 0 aromatic heterocycles. The highest BCUT2D eigenvalue weighted by molar-refractivity contribution is 5.76. The van der Waals surface area contributed by atoms with Crippen LogP contribution in [0.2, 0.25) is 0 Å². The molecule has 94 valence electrons. The zero-order valence-corrected chi connectivity index (χ0v) is 9.10. The fourth-order valence-corrected chi connectivity index (χ4v) is 1.59. The van der Waals surface area contributed by atoms with Crippen molar-refractivity contribution in [1.29, 1.82) is 0 Å². The maximum Gasteiger partial charge on any atom is 0.405 e. The van der Waals surface area contributed by atoms with E-state index in [9.17, 15) is 18.0 Å². The van der Waals surface area contributed by atoms with Crippen LogP contribution in [-0.4, -0.2) is 56.3 Å². The molecular weight excluding hydrogens is 223 g/mol. The molecule has 0 bridgehead atoms. The molecule has 1 saturated heterocycles. The van der Waals surface area contributed by atoms with Gasteiger partial charge in [0.05, 0.1) is 0 Å². The first kappa shape index (κ1) is 13.2. The zero-order valence-electron chi connectivity index (χ0n) is 9.10. The molecule has 1 rings (SSSR count). The highest BCUT2D eigenvalue weighted by Crippen LogP contribution is 2.22. The Labute approximate surface area is 92.2 Å². The van der Waals surface area contributed by atoms with Gasteiger partial charge in [-0.05, 0) is 7.05 Å². The lowest BCUT2D eigenvalue weighted by molar-refractivity contribution is -0.168. The molecule has 0 spiro atoms. The lowest BCUT2D eigenvalue weighted by Gasteiger charge is -2.34. The fraction of sp³-hybridized carbons (Fsp3) is 0.889. The maximum atomic E-state index is 12.4. The first-order valence-electron chi connectivity index (χ1n) is 5.17. The number of rotatable bonds is 3. The third-order valence-electron chi connectivity index (χ3n) is 2.51. The van der Waals surface area contributed by atoms with Crippen LogP contribution in [0, 0.1) is 0 Å². The van der Waals surface area contributed by atoms with Gasteiger partial charge < -0.3 is 15.5 Å². The standard InChI is InChI=1S/C9H16F3N3O/c1-13-3-2-8(16)15-5-4-14-7(6-15)9(10,11)12/h7,13-14H,2-6H2,1H3. The molecule has 0 aromatic carbocycles. The van der Waals surface area contributed by atoms with Crippen molar-refractivity contribution in [3.05, 3.63) is 0 Å². The minimum Gasteiger partial charge on any atom is -0.339 e. The number of piperazine rings is 1. The van der Waals surface area contributed by atoms with Crippen LogP contribution in [-0.2, 0) is 4.79 Å². The molecule has 1 atom stereocenters. The van der Waals surface area contributed by atoms with Crippen molar-refractivity contribution in [3.8, 4) is 0 Å². The molecule has 0 radical (unpaired) electrons. The summed E-state index contributed by atoms with van der Waals surface area (Å²) < 4.78 is 37.3. The minimum atomic E-state index is -4.29. The Hall–Kier alpha value is -0.820. The number of nitrogens with one attached hydrogen (secondary N) is 2. The number of alkyl halides is 3. The Morgan fingerprint density at radius 2 is 2.25 bits per heavy atom. The van der Waals surface area contributed by atoms with Gasteiger partial charge >= 0.3 is 6.18 Å². The number of nitrogens with zero attached hydrogens (tertiary/aromatic N) is 1. The van der Waals surface area contributed by atoms with Crippen LogP contribution >= 0.6 is 0 Å². The van der Waals surface area contributed by atoms with Crippen LogP contribution in [0.5, 0.6) is 0 Å². The van der Waals surface area contributed by atoms with Crippen LogP contribution in [0.25, 0.3) is 0 Å². The van der Waals surface area contributed by atoms with E-state index in [1.54, 1.807) is 7.05 Å². The summed E-state index contributed by atoms with van der Waals surface area (Å²) in [5.74, 6) is -0.231. The van der Waals surface area contributed by atoms with Gasteiger partial charge in [-0.25, -0.2) is 0 Å². The normalized spacial score (nSPS) is 22.2. The lowest BCUT2D eigenvalue weighted by Crippen LogP contribution is -2.58. The van der Waals surface area contributed by atoms with Crippen LogP contribution in [0.15, 0.2) is 0 Å². The second-order valence-electron chi connectivity index (χ2n) is 3.74. The van der Waals surface area contributed by atoms with Gasteiger partial charge in [0.1, 0.15) is 6.04 Å². The average Bonchev–Trinajstić information content (AvgIpc) is 2.25. The Morgan fingerprint density at radius 3 is 2.81 bits per heavy atom. The highest BCUT2D eigenvalue weighted by Gasteiger charge is 2.42. The average molecular weight is 239 g/mol. The molecule has 1 fully saturated rings. The highest BCUT2D eigenvalue weighted by atomic mass is 19.4. The van der Waals surface area contributed by atoms with E-state index in [0.717, 1.165) is 0 Å². The second-order valence-corrected chi connectivity index (χ2v) is 3.74. The van der Waals surface area contributed by atoms with Crippen molar-refractivity contribution in [2.45, 2.75) is 18.6 Å². The lowest BCUT2D eigenvalue weighted by atomic mass is 10.2. The number of carbonyl (C=O) groups is 1. The van der Waals surface area contributed by atoms with Crippen LogP contribution in [0.1, 0.15) is 6.42 Å². The molecule has 1 heterocycles. The summed E-state index contributed by atoms with van der Waals surface area (Å²) in [6, 6.07) is -1.60. The molecule has 16 heavy (non-hydrogen) atoms. The quantitative estimate of drug-likeness (QED) is 0.726. The second kappa shape index (κ2) is 5.49. The first-order valence-corrected chi connectivity index (χ1v) is 5.17. The number of amides is 1. The Kier molecular flexibility index (Phi) is 4.55. The van der Waals surface area contributed by atoms with E-state index in [-0.39, 0.29) is 25.4 Å². The monoisotopic (exact) mass is 239 g/mol. The molecular formula is C9H16F3N3O. The van der Waals surface area contributed by atoms with Crippen molar-refractivity contribution < 1.29 is 18.0 Å². The van der Waals surface area contributed by atoms with E-state index in [1.165, 1.54) is 4.90 Å². The maximum absolute atomic E-state index is 12.4.